The van der Waals surface area contributed by atoms with Crippen LogP contribution in [0.5, 0.6) is 0 Å². The normalized spacial score (nSPS) is 19.9. The molecule has 0 aliphatic carbocycles. The molecule has 0 saturated carbocycles. The lowest BCUT2D eigenvalue weighted by atomic mass is 9.92. The van der Waals surface area contributed by atoms with Gasteiger partial charge in [0, 0.05) is 19.0 Å². The van der Waals surface area contributed by atoms with E-state index in [1.807, 2.05) is 20.8 Å². The minimum atomic E-state index is -0.217. The van der Waals surface area contributed by atoms with Gasteiger partial charge in [0.15, 0.2) is 5.82 Å². The molecule has 1 aromatic heterocycles. The molecule has 5 nitrogen and oxygen atoms in total. The highest BCUT2D eigenvalue weighted by Crippen LogP contribution is 2.25. The third-order valence-corrected chi connectivity index (χ3v) is 3.44. The molecule has 1 N–H and O–H groups in total. The molecular weight excluding hydrogens is 218 g/mol. The predicted octanol–water partition coefficient (Wildman–Crippen LogP) is 1.79. The summed E-state index contributed by atoms with van der Waals surface area (Å²) in [5.41, 5.74) is 0. The number of rotatable bonds is 3. The number of hydrogen-bond acceptors (Lipinski definition) is 5. The lowest BCUT2D eigenvalue weighted by Crippen LogP contribution is -2.37. The van der Waals surface area contributed by atoms with E-state index < -0.39 is 0 Å². The summed E-state index contributed by atoms with van der Waals surface area (Å²) in [5, 5.41) is 13.5. The standard InChI is InChI=1S/C12H21N3O2/c1-8(2)11-13-12(17-14-11)15-6-4-10(5-7-15)9(3)16/h8-10,16H,4-7H2,1-3H3/t9-/m0/s1. The molecule has 0 spiro atoms. The van der Waals surface area contributed by atoms with E-state index in [1.165, 1.54) is 0 Å². The van der Waals surface area contributed by atoms with Crippen molar-refractivity contribution in [2.24, 2.45) is 5.92 Å². The fourth-order valence-electron chi connectivity index (χ4n) is 2.16. The Kier molecular flexibility index (Phi) is 3.66. The van der Waals surface area contributed by atoms with Crippen molar-refractivity contribution in [1.29, 1.82) is 0 Å². The minimum Gasteiger partial charge on any atom is -0.393 e. The number of aliphatic hydroxyl groups excluding tert-OH is 1. The second kappa shape index (κ2) is 5.04. The molecule has 17 heavy (non-hydrogen) atoms. The Bertz CT molecular complexity index is 354. The van der Waals surface area contributed by atoms with Crippen LogP contribution in [0.1, 0.15) is 45.4 Å². The minimum absolute atomic E-state index is 0.217. The molecule has 1 saturated heterocycles. The zero-order valence-electron chi connectivity index (χ0n) is 10.8. The molecular formula is C12H21N3O2. The van der Waals surface area contributed by atoms with E-state index in [1.54, 1.807) is 0 Å². The van der Waals surface area contributed by atoms with Crippen molar-refractivity contribution >= 4 is 6.01 Å². The van der Waals surface area contributed by atoms with Crippen LogP contribution >= 0.6 is 0 Å². The molecule has 1 aliphatic heterocycles. The predicted molar refractivity (Wildman–Crippen MR) is 65.0 cm³/mol. The Labute approximate surface area is 102 Å². The van der Waals surface area contributed by atoms with Gasteiger partial charge in [-0.25, -0.2) is 0 Å². The molecule has 1 aromatic rings. The van der Waals surface area contributed by atoms with Gasteiger partial charge in [0.05, 0.1) is 6.10 Å². The van der Waals surface area contributed by atoms with Crippen molar-refractivity contribution in [3.05, 3.63) is 5.82 Å². The summed E-state index contributed by atoms with van der Waals surface area (Å²) in [5.74, 6) is 1.46. The lowest BCUT2D eigenvalue weighted by Gasteiger charge is -2.31. The van der Waals surface area contributed by atoms with Gasteiger partial charge in [-0.15, -0.1) is 0 Å². The van der Waals surface area contributed by atoms with Gasteiger partial charge >= 0.3 is 6.01 Å². The van der Waals surface area contributed by atoms with E-state index in [2.05, 4.69) is 15.0 Å². The Morgan fingerprint density at radius 1 is 1.29 bits per heavy atom. The zero-order chi connectivity index (χ0) is 12.4. The van der Waals surface area contributed by atoms with Crippen LogP contribution in [0.15, 0.2) is 4.52 Å². The lowest BCUT2D eigenvalue weighted by molar-refractivity contribution is 0.109. The fraction of sp³-hybridized carbons (Fsp3) is 0.833. The van der Waals surface area contributed by atoms with Gasteiger partial charge < -0.3 is 14.5 Å². The number of hydrogen-bond donors (Lipinski definition) is 1. The number of aromatic nitrogens is 2. The highest BCUT2D eigenvalue weighted by Gasteiger charge is 2.25. The summed E-state index contributed by atoms with van der Waals surface area (Å²) in [6, 6.07) is 0.623. The average molecular weight is 239 g/mol. The smallest absolute Gasteiger partial charge is 0.324 e. The Morgan fingerprint density at radius 3 is 2.41 bits per heavy atom. The SMILES string of the molecule is CC(C)c1noc(N2CCC([C@H](C)O)CC2)n1. The van der Waals surface area contributed by atoms with Gasteiger partial charge in [0.25, 0.3) is 0 Å². The van der Waals surface area contributed by atoms with Crippen LogP contribution in [-0.2, 0) is 0 Å². The van der Waals surface area contributed by atoms with Gasteiger partial charge in [-0.3, -0.25) is 0 Å². The third kappa shape index (κ3) is 2.77. The van der Waals surface area contributed by atoms with Crippen LogP contribution in [0.3, 0.4) is 0 Å². The van der Waals surface area contributed by atoms with Gasteiger partial charge in [0.2, 0.25) is 0 Å². The first-order valence-corrected chi connectivity index (χ1v) is 6.34. The number of nitrogens with zero attached hydrogens (tertiary/aromatic N) is 3. The molecule has 0 bridgehead atoms. The van der Waals surface area contributed by atoms with E-state index >= 15 is 0 Å². The molecule has 96 valence electrons. The molecule has 5 heteroatoms. The number of anilines is 1. The van der Waals surface area contributed by atoms with Crippen LogP contribution in [-0.4, -0.2) is 34.4 Å². The van der Waals surface area contributed by atoms with Crippen LogP contribution in [0.4, 0.5) is 6.01 Å². The monoisotopic (exact) mass is 239 g/mol. The Hall–Kier alpha value is -1.10. The first kappa shape index (κ1) is 12.4. The summed E-state index contributed by atoms with van der Waals surface area (Å²) in [6.07, 6.45) is 1.75. The average Bonchev–Trinajstić information content (AvgIpc) is 2.78. The van der Waals surface area contributed by atoms with Crippen molar-refractivity contribution in [1.82, 2.24) is 10.1 Å². The summed E-state index contributed by atoms with van der Waals surface area (Å²) >= 11 is 0. The molecule has 2 rings (SSSR count). The van der Waals surface area contributed by atoms with Gasteiger partial charge in [-0.05, 0) is 25.7 Å². The Morgan fingerprint density at radius 2 is 1.94 bits per heavy atom. The van der Waals surface area contributed by atoms with Crippen molar-refractivity contribution in [2.75, 3.05) is 18.0 Å². The summed E-state index contributed by atoms with van der Waals surface area (Å²) in [4.78, 5) is 6.50. The van der Waals surface area contributed by atoms with Crippen molar-refractivity contribution < 1.29 is 9.63 Å². The summed E-state index contributed by atoms with van der Waals surface area (Å²) in [7, 11) is 0. The van der Waals surface area contributed by atoms with Crippen LogP contribution in [0.25, 0.3) is 0 Å². The molecule has 2 heterocycles. The largest absolute Gasteiger partial charge is 0.393 e. The van der Waals surface area contributed by atoms with Crippen LogP contribution in [0.2, 0.25) is 0 Å². The van der Waals surface area contributed by atoms with Gasteiger partial charge in [-0.2, -0.15) is 4.98 Å². The molecule has 0 amide bonds. The highest BCUT2D eigenvalue weighted by molar-refractivity contribution is 5.26. The van der Waals surface area contributed by atoms with Crippen molar-refractivity contribution in [3.8, 4) is 0 Å². The summed E-state index contributed by atoms with van der Waals surface area (Å²) < 4.78 is 5.26. The second-order valence-corrected chi connectivity index (χ2v) is 5.15. The fourth-order valence-corrected chi connectivity index (χ4v) is 2.16. The maximum atomic E-state index is 9.54. The maximum Gasteiger partial charge on any atom is 0.324 e. The molecule has 1 aliphatic rings. The maximum absolute atomic E-state index is 9.54. The molecule has 1 fully saturated rings. The Balaban J connectivity index is 1.96. The van der Waals surface area contributed by atoms with E-state index in [4.69, 9.17) is 4.52 Å². The van der Waals surface area contributed by atoms with Gasteiger partial charge in [0.1, 0.15) is 0 Å². The van der Waals surface area contributed by atoms with Crippen LogP contribution in [0, 0.1) is 5.92 Å². The molecule has 0 unspecified atom stereocenters. The third-order valence-electron chi connectivity index (χ3n) is 3.44. The van der Waals surface area contributed by atoms with Crippen molar-refractivity contribution in [3.63, 3.8) is 0 Å². The molecule has 0 radical (unpaired) electrons. The highest BCUT2D eigenvalue weighted by atomic mass is 16.5. The molecule has 1 atom stereocenters. The van der Waals surface area contributed by atoms with Crippen LogP contribution < -0.4 is 4.90 Å². The van der Waals surface area contributed by atoms with Crippen molar-refractivity contribution in [2.45, 2.75) is 45.6 Å². The topological polar surface area (TPSA) is 62.4 Å². The van der Waals surface area contributed by atoms with E-state index in [-0.39, 0.29) is 6.10 Å². The molecule has 0 aromatic carbocycles. The first-order valence-electron chi connectivity index (χ1n) is 6.34. The van der Waals surface area contributed by atoms with E-state index in [9.17, 15) is 5.11 Å². The van der Waals surface area contributed by atoms with E-state index in [0.717, 1.165) is 31.8 Å². The first-order chi connectivity index (χ1) is 8.08. The summed E-state index contributed by atoms with van der Waals surface area (Å²) in [6.45, 7) is 7.73. The van der Waals surface area contributed by atoms with E-state index in [0.29, 0.717) is 17.9 Å². The quantitative estimate of drug-likeness (QED) is 0.871. The zero-order valence-corrected chi connectivity index (χ0v) is 10.8. The number of piperidine rings is 1. The number of aliphatic hydroxyl groups is 1. The second-order valence-electron chi connectivity index (χ2n) is 5.15. The van der Waals surface area contributed by atoms with Gasteiger partial charge in [-0.1, -0.05) is 19.0 Å².